The quantitative estimate of drug-likeness (QED) is 0.330. The maximum Gasteiger partial charge on any atom is 0.250 e. The second kappa shape index (κ2) is 8.39. The summed E-state index contributed by atoms with van der Waals surface area (Å²) in [5, 5.41) is 9.61. The van der Waals surface area contributed by atoms with E-state index in [1.165, 1.54) is 23.9 Å². The minimum atomic E-state index is -3.74. The van der Waals surface area contributed by atoms with Crippen LogP contribution >= 0.6 is 11.8 Å². The van der Waals surface area contributed by atoms with Crippen LogP contribution in [0.2, 0.25) is 0 Å². The van der Waals surface area contributed by atoms with Crippen molar-refractivity contribution in [2.75, 3.05) is 5.75 Å². The number of sulfonamides is 1. The number of thioether (sulfide) groups is 1. The third-order valence-corrected chi connectivity index (χ3v) is 5.02. The molecule has 26 heavy (non-hydrogen) atoms. The predicted octanol–water partition coefficient (Wildman–Crippen LogP) is 1.37. The summed E-state index contributed by atoms with van der Waals surface area (Å²) in [5.41, 5.74) is 5.35. The highest BCUT2D eigenvalue weighted by Gasteiger charge is 2.09. The highest BCUT2D eigenvalue weighted by atomic mass is 32.2. The number of hydrogen-bond acceptors (Lipinski definition) is 7. The molecule has 1 aromatic carbocycles. The number of nitrogens with one attached hydrogen (secondary N) is 1. The first-order valence-electron chi connectivity index (χ1n) is 7.56. The molecule has 0 aliphatic carbocycles. The third-order valence-electron chi connectivity index (χ3n) is 3.24. The van der Waals surface area contributed by atoms with Crippen LogP contribution < -0.4 is 10.6 Å². The van der Waals surface area contributed by atoms with Gasteiger partial charge in [-0.1, -0.05) is 23.9 Å². The molecule has 138 valence electrons. The van der Waals surface area contributed by atoms with Crippen LogP contribution in [0.15, 0.2) is 45.5 Å². The van der Waals surface area contributed by atoms with Gasteiger partial charge in [0, 0.05) is 11.4 Å². The Morgan fingerprint density at radius 2 is 1.77 bits per heavy atom. The Bertz CT molecular complexity index is 921. The van der Waals surface area contributed by atoms with E-state index in [1.807, 2.05) is 19.9 Å². The Hall–Kier alpha value is -2.30. The molecule has 0 fully saturated rings. The molecule has 8 nitrogen and oxygen atoms in total. The van der Waals surface area contributed by atoms with Crippen molar-refractivity contribution in [3.05, 3.63) is 47.3 Å². The van der Waals surface area contributed by atoms with E-state index < -0.39 is 10.0 Å². The number of aryl methyl sites for hydroxylation is 2. The summed E-state index contributed by atoms with van der Waals surface area (Å²) < 4.78 is 22.5. The lowest BCUT2D eigenvalue weighted by Crippen LogP contribution is -2.21. The van der Waals surface area contributed by atoms with E-state index >= 15 is 0 Å². The number of carbonyl (C=O) groups excluding carboxylic acids is 1. The maximum atomic E-state index is 11.9. The molecule has 2 rings (SSSR count). The summed E-state index contributed by atoms with van der Waals surface area (Å²) in [7, 11) is -3.74. The van der Waals surface area contributed by atoms with Gasteiger partial charge in [0.1, 0.15) is 0 Å². The smallest absolute Gasteiger partial charge is 0.250 e. The number of aromatic nitrogens is 2. The van der Waals surface area contributed by atoms with E-state index in [4.69, 9.17) is 5.14 Å². The molecular weight excluding hydrogens is 374 g/mol. The van der Waals surface area contributed by atoms with Crippen LogP contribution in [0, 0.1) is 13.8 Å². The number of amides is 1. The molecular formula is C16H19N5O3S2. The zero-order chi connectivity index (χ0) is 19.3. The van der Waals surface area contributed by atoms with Crippen molar-refractivity contribution in [1.29, 1.82) is 0 Å². The van der Waals surface area contributed by atoms with Crippen molar-refractivity contribution in [2.45, 2.75) is 30.8 Å². The molecule has 0 atom stereocenters. The molecule has 0 spiro atoms. The van der Waals surface area contributed by atoms with Gasteiger partial charge in [-0.25, -0.2) is 29.0 Å². The second-order valence-electron chi connectivity index (χ2n) is 5.52. The molecule has 1 heterocycles. The number of primary sulfonamides is 1. The molecule has 10 heteroatoms. The Morgan fingerprint density at radius 1 is 1.19 bits per heavy atom. The van der Waals surface area contributed by atoms with Gasteiger partial charge >= 0.3 is 0 Å². The molecule has 0 saturated carbocycles. The summed E-state index contributed by atoms with van der Waals surface area (Å²) in [6.07, 6.45) is 0. The van der Waals surface area contributed by atoms with Crippen LogP contribution in [0.3, 0.4) is 0 Å². The summed E-state index contributed by atoms with van der Waals surface area (Å²) in [4.78, 5) is 20.4. The SMILES string of the molecule is C/C(=N\NC(=O)CSc1nc(C)cc(C)n1)c1ccc(S(N)(=O)=O)cc1. The highest BCUT2D eigenvalue weighted by Crippen LogP contribution is 2.13. The average molecular weight is 393 g/mol. The molecule has 0 unspecified atom stereocenters. The van der Waals surface area contributed by atoms with Gasteiger partial charge in [0.05, 0.1) is 16.4 Å². The van der Waals surface area contributed by atoms with Gasteiger partial charge in [0.2, 0.25) is 10.0 Å². The van der Waals surface area contributed by atoms with E-state index in [9.17, 15) is 13.2 Å². The van der Waals surface area contributed by atoms with Crippen molar-refractivity contribution in [1.82, 2.24) is 15.4 Å². The minimum absolute atomic E-state index is 0.0166. The monoisotopic (exact) mass is 393 g/mol. The van der Waals surface area contributed by atoms with Crippen LogP contribution in [0.1, 0.15) is 23.9 Å². The maximum absolute atomic E-state index is 11.9. The van der Waals surface area contributed by atoms with Crippen LogP contribution in [-0.4, -0.2) is 35.8 Å². The van der Waals surface area contributed by atoms with Gasteiger partial charge in [-0.3, -0.25) is 4.79 Å². The number of nitrogens with two attached hydrogens (primary N) is 1. The second-order valence-corrected chi connectivity index (χ2v) is 8.03. The molecule has 3 N–H and O–H groups in total. The van der Waals surface area contributed by atoms with Crippen molar-refractivity contribution < 1.29 is 13.2 Å². The van der Waals surface area contributed by atoms with E-state index in [2.05, 4.69) is 20.5 Å². The van der Waals surface area contributed by atoms with Crippen molar-refractivity contribution in [2.24, 2.45) is 10.2 Å². The molecule has 1 amide bonds. The molecule has 0 aliphatic rings. The van der Waals surface area contributed by atoms with Gasteiger partial charge in [0.15, 0.2) is 5.16 Å². The fraction of sp³-hybridized carbons (Fsp3) is 0.250. The number of carbonyl (C=O) groups is 1. The first kappa shape index (κ1) is 20.0. The van der Waals surface area contributed by atoms with E-state index in [0.29, 0.717) is 16.4 Å². The van der Waals surface area contributed by atoms with Crippen LogP contribution in [0.4, 0.5) is 0 Å². The Labute approximate surface area is 156 Å². The van der Waals surface area contributed by atoms with Crippen LogP contribution in [-0.2, 0) is 14.8 Å². The fourth-order valence-electron chi connectivity index (χ4n) is 2.02. The fourth-order valence-corrected chi connectivity index (χ4v) is 3.27. The standard InChI is InChI=1S/C16H19N5O3S2/c1-10-8-11(2)19-16(18-10)25-9-15(22)21-20-12(3)13-4-6-14(7-5-13)26(17,23)24/h4-8H,9H2,1-3H3,(H,21,22)(H2,17,23,24)/b20-12+. The van der Waals surface area contributed by atoms with Crippen LogP contribution in [0.5, 0.6) is 0 Å². The van der Waals surface area contributed by atoms with Crippen molar-refractivity contribution in [3.63, 3.8) is 0 Å². The first-order valence-corrected chi connectivity index (χ1v) is 10.1. The number of benzene rings is 1. The lowest BCUT2D eigenvalue weighted by Gasteiger charge is -2.05. The Balaban J connectivity index is 1.94. The average Bonchev–Trinajstić information content (AvgIpc) is 2.56. The zero-order valence-electron chi connectivity index (χ0n) is 14.6. The molecule has 0 aliphatic heterocycles. The summed E-state index contributed by atoms with van der Waals surface area (Å²) in [6.45, 7) is 5.44. The van der Waals surface area contributed by atoms with Gasteiger partial charge in [-0.15, -0.1) is 0 Å². The molecule has 0 radical (unpaired) electrons. The lowest BCUT2D eigenvalue weighted by molar-refractivity contribution is -0.118. The van der Waals surface area contributed by atoms with Gasteiger partial charge in [0.25, 0.3) is 5.91 Å². The summed E-state index contributed by atoms with van der Waals surface area (Å²) in [5.74, 6) is -0.164. The summed E-state index contributed by atoms with van der Waals surface area (Å²) in [6, 6.07) is 7.78. The first-order chi connectivity index (χ1) is 12.1. The normalized spacial score (nSPS) is 12.1. The highest BCUT2D eigenvalue weighted by molar-refractivity contribution is 7.99. The van der Waals surface area contributed by atoms with E-state index in [0.717, 1.165) is 11.4 Å². The Morgan fingerprint density at radius 3 is 2.31 bits per heavy atom. The molecule has 2 aromatic rings. The largest absolute Gasteiger partial charge is 0.272 e. The minimum Gasteiger partial charge on any atom is -0.272 e. The topological polar surface area (TPSA) is 127 Å². The Kier molecular flexibility index (Phi) is 6.46. The third kappa shape index (κ3) is 5.90. The van der Waals surface area contributed by atoms with Crippen LogP contribution in [0.25, 0.3) is 0 Å². The number of rotatable bonds is 6. The van der Waals surface area contributed by atoms with Gasteiger partial charge < -0.3 is 0 Å². The molecule has 0 bridgehead atoms. The van der Waals surface area contributed by atoms with Gasteiger partial charge in [-0.05, 0) is 44.5 Å². The van der Waals surface area contributed by atoms with Crippen molar-refractivity contribution >= 4 is 33.4 Å². The predicted molar refractivity (Wildman–Crippen MR) is 100 cm³/mol. The summed E-state index contributed by atoms with van der Waals surface area (Å²) >= 11 is 1.22. The zero-order valence-corrected chi connectivity index (χ0v) is 16.2. The molecule has 0 saturated heterocycles. The van der Waals surface area contributed by atoms with Gasteiger partial charge in [-0.2, -0.15) is 5.10 Å². The van der Waals surface area contributed by atoms with Crippen molar-refractivity contribution in [3.8, 4) is 0 Å². The number of hydrazone groups is 1. The number of nitrogens with zero attached hydrogens (tertiary/aromatic N) is 3. The number of hydrogen-bond donors (Lipinski definition) is 2. The van der Waals surface area contributed by atoms with E-state index in [-0.39, 0.29) is 16.6 Å². The molecule has 1 aromatic heterocycles. The van der Waals surface area contributed by atoms with E-state index in [1.54, 1.807) is 19.1 Å². The lowest BCUT2D eigenvalue weighted by atomic mass is 10.1.